The Morgan fingerprint density at radius 2 is 2.19 bits per heavy atom. The normalized spacial score (nSPS) is 16.7. The SMILES string of the molecule is CC1(C)CN(c2cn[nH]c(=O)c2Cl)Cc2c(F)cccc21. The number of fused-ring (bicyclic) bond motifs is 1. The van der Waals surface area contributed by atoms with Crippen molar-refractivity contribution < 1.29 is 4.39 Å². The van der Waals surface area contributed by atoms with Crippen molar-refractivity contribution in [1.82, 2.24) is 10.2 Å². The van der Waals surface area contributed by atoms with E-state index in [1.807, 2.05) is 24.8 Å². The molecule has 3 rings (SSSR count). The maximum atomic E-state index is 14.1. The predicted molar refractivity (Wildman–Crippen MR) is 80.3 cm³/mol. The number of halogens is 2. The number of aromatic nitrogens is 2. The molecule has 1 aliphatic heterocycles. The van der Waals surface area contributed by atoms with Gasteiger partial charge < -0.3 is 4.90 Å². The van der Waals surface area contributed by atoms with Gasteiger partial charge in [0.05, 0.1) is 11.9 Å². The molecule has 0 spiro atoms. The highest BCUT2D eigenvalue weighted by Crippen LogP contribution is 2.37. The van der Waals surface area contributed by atoms with Gasteiger partial charge in [-0.1, -0.05) is 37.6 Å². The molecule has 110 valence electrons. The molecule has 4 nitrogen and oxygen atoms in total. The van der Waals surface area contributed by atoms with Gasteiger partial charge in [0, 0.05) is 24.1 Å². The largest absolute Gasteiger partial charge is 0.364 e. The van der Waals surface area contributed by atoms with E-state index in [-0.39, 0.29) is 16.3 Å². The summed E-state index contributed by atoms with van der Waals surface area (Å²) < 4.78 is 14.1. The number of H-pyrrole nitrogens is 1. The van der Waals surface area contributed by atoms with Crippen LogP contribution >= 0.6 is 11.6 Å². The molecular weight excluding hydrogens is 293 g/mol. The highest BCUT2D eigenvalue weighted by Gasteiger charge is 2.34. The van der Waals surface area contributed by atoms with E-state index in [2.05, 4.69) is 10.2 Å². The summed E-state index contributed by atoms with van der Waals surface area (Å²) in [4.78, 5) is 13.5. The summed E-state index contributed by atoms with van der Waals surface area (Å²) >= 11 is 6.07. The molecule has 0 atom stereocenters. The van der Waals surface area contributed by atoms with Crippen LogP contribution in [0.25, 0.3) is 0 Å². The maximum absolute atomic E-state index is 14.1. The summed E-state index contributed by atoms with van der Waals surface area (Å²) in [6.07, 6.45) is 1.51. The first kappa shape index (κ1) is 14.1. The first-order valence-corrected chi connectivity index (χ1v) is 7.04. The number of anilines is 1. The summed E-state index contributed by atoms with van der Waals surface area (Å²) in [5, 5.41) is 6.16. The minimum Gasteiger partial charge on any atom is -0.364 e. The number of hydrogen-bond donors (Lipinski definition) is 1. The number of hydrogen-bond acceptors (Lipinski definition) is 3. The van der Waals surface area contributed by atoms with Crippen LogP contribution in [0.5, 0.6) is 0 Å². The van der Waals surface area contributed by atoms with Gasteiger partial charge in [-0.3, -0.25) is 4.79 Å². The number of rotatable bonds is 1. The van der Waals surface area contributed by atoms with Gasteiger partial charge in [0.1, 0.15) is 10.8 Å². The highest BCUT2D eigenvalue weighted by atomic mass is 35.5. The lowest BCUT2D eigenvalue weighted by molar-refractivity contribution is 0.461. The van der Waals surface area contributed by atoms with Gasteiger partial charge in [0.2, 0.25) is 0 Å². The third kappa shape index (κ3) is 2.31. The molecule has 1 aliphatic rings. The van der Waals surface area contributed by atoms with Crippen LogP contribution in [0.4, 0.5) is 10.1 Å². The summed E-state index contributed by atoms with van der Waals surface area (Å²) in [6, 6.07) is 5.14. The minimum atomic E-state index is -0.439. The van der Waals surface area contributed by atoms with Crippen LogP contribution in [0.1, 0.15) is 25.0 Å². The van der Waals surface area contributed by atoms with E-state index in [1.54, 1.807) is 6.07 Å². The first-order chi connectivity index (χ1) is 9.90. The molecule has 0 saturated carbocycles. The molecule has 0 saturated heterocycles. The average Bonchev–Trinajstić information content (AvgIpc) is 2.42. The van der Waals surface area contributed by atoms with Gasteiger partial charge in [-0.25, -0.2) is 9.49 Å². The van der Waals surface area contributed by atoms with Crippen LogP contribution in [0.2, 0.25) is 5.02 Å². The predicted octanol–water partition coefficient (Wildman–Crippen LogP) is 2.86. The fourth-order valence-corrected chi connectivity index (χ4v) is 3.14. The number of benzene rings is 1. The van der Waals surface area contributed by atoms with Gasteiger partial charge in [0.15, 0.2) is 0 Å². The van der Waals surface area contributed by atoms with Crippen LogP contribution < -0.4 is 10.5 Å². The smallest absolute Gasteiger partial charge is 0.285 e. The lowest BCUT2D eigenvalue weighted by Crippen LogP contribution is -2.43. The Morgan fingerprint density at radius 3 is 2.95 bits per heavy atom. The molecule has 21 heavy (non-hydrogen) atoms. The van der Waals surface area contributed by atoms with Crippen molar-refractivity contribution in [3.8, 4) is 0 Å². The molecule has 6 heteroatoms. The van der Waals surface area contributed by atoms with E-state index in [1.165, 1.54) is 12.3 Å². The zero-order valence-corrected chi connectivity index (χ0v) is 12.5. The molecule has 1 aromatic heterocycles. The second kappa shape index (κ2) is 4.84. The van der Waals surface area contributed by atoms with Gasteiger partial charge in [-0.05, 0) is 11.6 Å². The third-order valence-corrected chi connectivity index (χ3v) is 4.27. The minimum absolute atomic E-state index is 0.0839. The Morgan fingerprint density at radius 1 is 1.43 bits per heavy atom. The Balaban J connectivity index is 2.11. The Kier molecular flexibility index (Phi) is 3.24. The van der Waals surface area contributed by atoms with Crippen LogP contribution in [-0.4, -0.2) is 16.7 Å². The maximum Gasteiger partial charge on any atom is 0.285 e. The number of nitrogens with one attached hydrogen (secondary N) is 1. The van der Waals surface area contributed by atoms with E-state index >= 15 is 0 Å². The lowest BCUT2D eigenvalue weighted by Gasteiger charge is -2.41. The van der Waals surface area contributed by atoms with Crippen LogP contribution in [0.15, 0.2) is 29.2 Å². The second-order valence-corrected chi connectivity index (χ2v) is 6.28. The molecule has 0 unspecified atom stereocenters. The number of nitrogens with zero attached hydrogens (tertiary/aromatic N) is 2. The van der Waals surface area contributed by atoms with E-state index in [4.69, 9.17) is 11.6 Å². The van der Waals surface area contributed by atoms with Crippen molar-refractivity contribution >= 4 is 17.3 Å². The van der Waals surface area contributed by atoms with Crippen LogP contribution in [-0.2, 0) is 12.0 Å². The van der Waals surface area contributed by atoms with Gasteiger partial charge >= 0.3 is 0 Å². The molecule has 0 bridgehead atoms. The van der Waals surface area contributed by atoms with Crippen molar-refractivity contribution in [3.63, 3.8) is 0 Å². The summed E-state index contributed by atoms with van der Waals surface area (Å²) in [5.41, 5.74) is 1.48. The van der Waals surface area contributed by atoms with Crippen molar-refractivity contribution in [1.29, 1.82) is 0 Å². The van der Waals surface area contributed by atoms with Gasteiger partial charge in [-0.15, -0.1) is 0 Å². The third-order valence-electron chi connectivity index (χ3n) is 3.90. The van der Waals surface area contributed by atoms with Crippen molar-refractivity contribution in [2.24, 2.45) is 0 Å². The molecule has 2 heterocycles. The Hall–Kier alpha value is -1.88. The van der Waals surface area contributed by atoms with Gasteiger partial charge in [0.25, 0.3) is 5.56 Å². The number of aromatic amines is 1. The van der Waals surface area contributed by atoms with E-state index in [9.17, 15) is 9.18 Å². The zero-order valence-electron chi connectivity index (χ0n) is 11.8. The Bertz CT molecular complexity index is 757. The lowest BCUT2D eigenvalue weighted by atomic mass is 9.78. The molecule has 0 radical (unpaired) electrons. The molecule has 0 amide bonds. The second-order valence-electron chi connectivity index (χ2n) is 5.90. The van der Waals surface area contributed by atoms with Crippen LogP contribution in [0.3, 0.4) is 0 Å². The molecular formula is C15H15ClFN3O. The van der Waals surface area contributed by atoms with Gasteiger partial charge in [-0.2, -0.15) is 5.10 Å². The molecule has 2 aromatic rings. The zero-order chi connectivity index (χ0) is 15.2. The fourth-order valence-electron chi connectivity index (χ4n) is 2.93. The highest BCUT2D eigenvalue weighted by molar-refractivity contribution is 6.33. The molecule has 1 aromatic carbocycles. The molecule has 0 aliphatic carbocycles. The summed E-state index contributed by atoms with van der Waals surface area (Å²) in [5.74, 6) is -0.237. The standard InChI is InChI=1S/C15H15ClFN3O/c1-15(2)8-20(12-6-18-19-14(21)13(12)16)7-9-10(15)4-3-5-11(9)17/h3-6H,7-8H2,1-2H3,(H,19,21). The summed E-state index contributed by atoms with van der Waals surface area (Å²) in [6.45, 7) is 5.10. The van der Waals surface area contributed by atoms with E-state index in [0.29, 0.717) is 24.3 Å². The monoisotopic (exact) mass is 307 g/mol. The van der Waals surface area contributed by atoms with E-state index < -0.39 is 5.56 Å². The van der Waals surface area contributed by atoms with Crippen molar-refractivity contribution in [2.45, 2.75) is 25.8 Å². The average molecular weight is 308 g/mol. The first-order valence-electron chi connectivity index (χ1n) is 6.66. The molecule has 0 fully saturated rings. The van der Waals surface area contributed by atoms with Crippen molar-refractivity contribution in [2.75, 3.05) is 11.4 Å². The van der Waals surface area contributed by atoms with Crippen LogP contribution in [0, 0.1) is 5.82 Å². The van der Waals surface area contributed by atoms with E-state index in [0.717, 1.165) is 5.56 Å². The topological polar surface area (TPSA) is 49.0 Å². The van der Waals surface area contributed by atoms with Crippen molar-refractivity contribution in [3.05, 3.63) is 56.7 Å². The molecule has 1 N–H and O–H groups in total. The quantitative estimate of drug-likeness (QED) is 0.881. The summed E-state index contributed by atoms with van der Waals surface area (Å²) in [7, 11) is 0. The fraction of sp³-hybridized carbons (Fsp3) is 0.333. The Labute approximate surface area is 126 Å².